The minimum Gasteiger partial charge on any atom is -0.313 e. The van der Waals surface area contributed by atoms with Gasteiger partial charge in [-0.05, 0) is 46.2 Å². The predicted octanol–water partition coefficient (Wildman–Crippen LogP) is 0.531. The molecule has 0 spiro atoms. The van der Waals surface area contributed by atoms with Gasteiger partial charge in [-0.15, -0.1) is 0 Å². The first-order chi connectivity index (χ1) is 8.99. The standard InChI is InChI=1S/C13H27N3O2S/c1-11(9-14-12-6-7-12)19(17,18)15-10-13-5-3-4-8-16(13)2/h11-15H,3-10H2,1-2H3. The second-order valence-corrected chi connectivity index (χ2v) is 8.20. The highest BCUT2D eigenvalue weighted by molar-refractivity contribution is 7.90. The number of hydrogen-bond donors (Lipinski definition) is 2. The van der Waals surface area contributed by atoms with Crippen LogP contribution >= 0.6 is 0 Å². The van der Waals surface area contributed by atoms with Crippen molar-refractivity contribution >= 4 is 10.0 Å². The molecule has 2 N–H and O–H groups in total. The summed E-state index contributed by atoms with van der Waals surface area (Å²) in [7, 11) is -1.11. The molecule has 1 aliphatic heterocycles. The Balaban J connectivity index is 1.75. The van der Waals surface area contributed by atoms with Crippen LogP contribution in [-0.2, 0) is 10.0 Å². The molecule has 1 aliphatic carbocycles. The summed E-state index contributed by atoms with van der Waals surface area (Å²) in [4.78, 5) is 2.26. The summed E-state index contributed by atoms with van der Waals surface area (Å²) < 4.78 is 27.1. The number of likely N-dealkylation sites (N-methyl/N-ethyl adjacent to an activating group) is 1. The van der Waals surface area contributed by atoms with Gasteiger partial charge in [0, 0.05) is 25.2 Å². The quantitative estimate of drug-likeness (QED) is 0.718. The molecule has 5 nitrogen and oxygen atoms in total. The summed E-state index contributed by atoms with van der Waals surface area (Å²) in [6, 6.07) is 0.911. The number of piperidine rings is 1. The molecule has 6 heteroatoms. The summed E-state index contributed by atoms with van der Waals surface area (Å²) >= 11 is 0. The van der Waals surface area contributed by atoms with Crippen LogP contribution in [0.3, 0.4) is 0 Å². The van der Waals surface area contributed by atoms with E-state index in [1.807, 2.05) is 0 Å². The highest BCUT2D eigenvalue weighted by atomic mass is 32.2. The van der Waals surface area contributed by atoms with Crippen LogP contribution in [0.25, 0.3) is 0 Å². The second-order valence-electron chi connectivity index (χ2n) is 6.02. The maximum Gasteiger partial charge on any atom is 0.215 e. The highest BCUT2D eigenvalue weighted by Gasteiger charge is 2.27. The van der Waals surface area contributed by atoms with Crippen LogP contribution in [-0.4, -0.2) is 57.3 Å². The van der Waals surface area contributed by atoms with E-state index in [9.17, 15) is 8.42 Å². The number of likely N-dealkylation sites (tertiary alicyclic amines) is 1. The third-order valence-corrected chi connectivity index (χ3v) is 6.04. The topological polar surface area (TPSA) is 61.4 Å². The Hall–Kier alpha value is -0.170. The molecule has 1 saturated heterocycles. The van der Waals surface area contributed by atoms with Gasteiger partial charge in [0.25, 0.3) is 0 Å². The van der Waals surface area contributed by atoms with E-state index in [4.69, 9.17) is 0 Å². The molecule has 0 aromatic rings. The fourth-order valence-electron chi connectivity index (χ4n) is 2.49. The van der Waals surface area contributed by atoms with Crippen LogP contribution in [0, 0.1) is 0 Å². The van der Waals surface area contributed by atoms with E-state index < -0.39 is 10.0 Å². The average Bonchev–Trinajstić information content (AvgIpc) is 3.19. The SMILES string of the molecule is CC(CNC1CC1)S(=O)(=O)NCC1CCCCN1C. The highest BCUT2D eigenvalue weighted by Crippen LogP contribution is 2.19. The van der Waals surface area contributed by atoms with Crippen LogP contribution in [0.5, 0.6) is 0 Å². The zero-order valence-corrected chi connectivity index (χ0v) is 12.9. The smallest absolute Gasteiger partial charge is 0.215 e. The first-order valence-corrected chi connectivity index (χ1v) is 8.96. The Kier molecular flexibility index (Phi) is 5.22. The van der Waals surface area contributed by atoms with Gasteiger partial charge in [0.05, 0.1) is 5.25 Å². The van der Waals surface area contributed by atoms with Crippen LogP contribution in [0.15, 0.2) is 0 Å². The van der Waals surface area contributed by atoms with Crippen molar-refractivity contribution in [3.05, 3.63) is 0 Å². The lowest BCUT2D eigenvalue weighted by molar-refractivity contribution is 0.187. The van der Waals surface area contributed by atoms with Crippen molar-refractivity contribution in [2.75, 3.05) is 26.7 Å². The molecule has 2 fully saturated rings. The van der Waals surface area contributed by atoms with E-state index in [2.05, 4.69) is 22.0 Å². The van der Waals surface area contributed by atoms with Crippen molar-refractivity contribution in [2.24, 2.45) is 0 Å². The third kappa shape index (κ3) is 4.70. The van der Waals surface area contributed by atoms with Gasteiger partial charge in [0.15, 0.2) is 0 Å². The van der Waals surface area contributed by atoms with Crippen molar-refractivity contribution in [1.82, 2.24) is 14.9 Å². The molecule has 2 aliphatic rings. The normalized spacial score (nSPS) is 27.4. The summed E-state index contributed by atoms with van der Waals surface area (Å²) in [5.74, 6) is 0. The fourth-order valence-corrected chi connectivity index (χ4v) is 3.51. The van der Waals surface area contributed by atoms with Crippen molar-refractivity contribution in [2.45, 2.75) is 56.4 Å². The Morgan fingerprint density at radius 3 is 2.63 bits per heavy atom. The maximum absolute atomic E-state index is 12.1. The molecule has 0 bridgehead atoms. The van der Waals surface area contributed by atoms with Gasteiger partial charge in [0.2, 0.25) is 10.0 Å². The average molecular weight is 289 g/mol. The molecule has 1 saturated carbocycles. The lowest BCUT2D eigenvalue weighted by Crippen LogP contribution is -2.47. The maximum atomic E-state index is 12.1. The summed E-state index contributed by atoms with van der Waals surface area (Å²) in [6.07, 6.45) is 5.89. The van der Waals surface area contributed by atoms with Gasteiger partial charge in [0.1, 0.15) is 0 Å². The molecule has 19 heavy (non-hydrogen) atoms. The first-order valence-electron chi connectivity index (χ1n) is 7.41. The van der Waals surface area contributed by atoms with Crippen molar-refractivity contribution < 1.29 is 8.42 Å². The molecule has 112 valence electrons. The fraction of sp³-hybridized carbons (Fsp3) is 1.00. The van der Waals surface area contributed by atoms with Crippen molar-refractivity contribution in [1.29, 1.82) is 0 Å². The van der Waals surface area contributed by atoms with Gasteiger partial charge in [-0.3, -0.25) is 0 Å². The van der Waals surface area contributed by atoms with E-state index in [0.717, 1.165) is 13.0 Å². The summed E-state index contributed by atoms with van der Waals surface area (Å²) in [5.41, 5.74) is 0. The van der Waals surface area contributed by atoms with Gasteiger partial charge in [-0.25, -0.2) is 13.1 Å². The molecule has 0 aromatic heterocycles. The Labute approximate surface area is 117 Å². The zero-order chi connectivity index (χ0) is 13.9. The number of sulfonamides is 1. The largest absolute Gasteiger partial charge is 0.313 e. The van der Waals surface area contributed by atoms with E-state index >= 15 is 0 Å². The van der Waals surface area contributed by atoms with Crippen molar-refractivity contribution in [3.8, 4) is 0 Å². The van der Waals surface area contributed by atoms with Gasteiger partial charge in [-0.1, -0.05) is 6.42 Å². The third-order valence-electron chi connectivity index (χ3n) is 4.24. The van der Waals surface area contributed by atoms with E-state index in [-0.39, 0.29) is 5.25 Å². The number of nitrogens with zero attached hydrogens (tertiary/aromatic N) is 1. The molecule has 0 amide bonds. The van der Waals surface area contributed by atoms with Crippen molar-refractivity contribution in [3.63, 3.8) is 0 Å². The summed E-state index contributed by atoms with van der Waals surface area (Å²) in [6.45, 7) is 3.96. The molecular weight excluding hydrogens is 262 g/mol. The van der Waals surface area contributed by atoms with Crippen LogP contribution in [0.4, 0.5) is 0 Å². The lowest BCUT2D eigenvalue weighted by Gasteiger charge is -2.32. The number of hydrogen-bond acceptors (Lipinski definition) is 4. The van der Waals surface area contributed by atoms with Crippen LogP contribution < -0.4 is 10.0 Å². The van der Waals surface area contributed by atoms with Crippen LogP contribution in [0.2, 0.25) is 0 Å². The number of rotatable bonds is 7. The molecular formula is C13H27N3O2S. The summed E-state index contributed by atoms with van der Waals surface area (Å²) in [5, 5.41) is 2.92. The molecule has 2 rings (SSSR count). The molecule has 2 unspecified atom stereocenters. The molecule has 1 heterocycles. The van der Waals surface area contributed by atoms with Gasteiger partial charge >= 0.3 is 0 Å². The zero-order valence-electron chi connectivity index (χ0n) is 12.1. The minimum absolute atomic E-state index is 0.354. The minimum atomic E-state index is -3.19. The Morgan fingerprint density at radius 2 is 2.00 bits per heavy atom. The lowest BCUT2D eigenvalue weighted by atomic mass is 10.0. The van der Waals surface area contributed by atoms with E-state index in [1.165, 1.54) is 25.7 Å². The second kappa shape index (κ2) is 6.52. The van der Waals surface area contributed by atoms with E-state index in [1.54, 1.807) is 6.92 Å². The molecule has 2 atom stereocenters. The monoisotopic (exact) mass is 289 g/mol. The van der Waals surface area contributed by atoms with E-state index in [0.29, 0.717) is 25.2 Å². The number of nitrogens with one attached hydrogen (secondary N) is 2. The molecule has 0 aromatic carbocycles. The molecule has 0 radical (unpaired) electrons. The van der Waals surface area contributed by atoms with Crippen LogP contribution in [0.1, 0.15) is 39.0 Å². The Morgan fingerprint density at radius 1 is 1.26 bits per heavy atom. The Bertz CT molecular complexity index is 381. The first kappa shape index (κ1) is 15.2. The van der Waals surface area contributed by atoms with Gasteiger partial charge in [-0.2, -0.15) is 0 Å². The van der Waals surface area contributed by atoms with Gasteiger partial charge < -0.3 is 10.2 Å². The predicted molar refractivity (Wildman–Crippen MR) is 77.7 cm³/mol.